The Labute approximate surface area is 111 Å². The number of hydrogen-bond donors (Lipinski definition) is 4. The van der Waals surface area contributed by atoms with E-state index in [9.17, 15) is 15.3 Å². The molecule has 0 aliphatic rings. The molecular weight excluding hydrogens is 297 g/mol. The van der Waals surface area contributed by atoms with Crippen molar-refractivity contribution in [2.24, 2.45) is 0 Å². The van der Waals surface area contributed by atoms with Gasteiger partial charge in [-0.25, -0.2) is 0 Å². The fourth-order valence-electron chi connectivity index (χ4n) is 2.10. The molecule has 0 fully saturated rings. The SMILES string of the molecule is [B]c1c(O)c(O)c(O)c2[nH]c3cc(Br)ccc3c12. The first-order valence-electron chi connectivity index (χ1n) is 5.14. The average Bonchev–Trinajstić information content (AvgIpc) is 2.72. The lowest BCUT2D eigenvalue weighted by molar-refractivity contribution is 0.373. The van der Waals surface area contributed by atoms with Crippen LogP contribution in [0, 0.1) is 0 Å². The fourth-order valence-corrected chi connectivity index (χ4v) is 2.46. The molecule has 3 aromatic rings. The number of phenolic OH excluding ortho intramolecular Hbond substituents is 3. The number of benzene rings is 2. The summed E-state index contributed by atoms with van der Waals surface area (Å²) in [6, 6.07) is 5.46. The highest BCUT2D eigenvalue weighted by Gasteiger charge is 2.18. The number of aromatic amines is 1. The van der Waals surface area contributed by atoms with E-state index in [4.69, 9.17) is 7.85 Å². The molecular formula is C12H7BBrNO3. The quantitative estimate of drug-likeness (QED) is 0.379. The zero-order chi connectivity index (χ0) is 13.0. The molecule has 4 nitrogen and oxygen atoms in total. The largest absolute Gasteiger partial charge is 0.505 e. The van der Waals surface area contributed by atoms with Crippen LogP contribution in [0.25, 0.3) is 21.8 Å². The van der Waals surface area contributed by atoms with E-state index in [2.05, 4.69) is 20.9 Å². The van der Waals surface area contributed by atoms with Crippen molar-refractivity contribution < 1.29 is 15.3 Å². The van der Waals surface area contributed by atoms with E-state index in [-0.39, 0.29) is 5.46 Å². The number of rotatable bonds is 0. The third-order valence-corrected chi connectivity index (χ3v) is 3.46. The van der Waals surface area contributed by atoms with Crippen molar-refractivity contribution >= 4 is 51.0 Å². The van der Waals surface area contributed by atoms with Crippen molar-refractivity contribution in [1.29, 1.82) is 0 Å². The first-order valence-corrected chi connectivity index (χ1v) is 5.93. The third-order valence-electron chi connectivity index (χ3n) is 2.97. The van der Waals surface area contributed by atoms with E-state index in [1.807, 2.05) is 18.2 Å². The zero-order valence-corrected chi connectivity index (χ0v) is 10.6. The first-order chi connectivity index (χ1) is 8.50. The Morgan fingerprint density at radius 2 is 1.78 bits per heavy atom. The van der Waals surface area contributed by atoms with E-state index in [1.165, 1.54) is 0 Å². The van der Waals surface area contributed by atoms with Crippen molar-refractivity contribution in [1.82, 2.24) is 4.98 Å². The van der Waals surface area contributed by atoms with Gasteiger partial charge in [0.2, 0.25) is 5.75 Å². The van der Waals surface area contributed by atoms with Gasteiger partial charge in [0, 0.05) is 20.8 Å². The Morgan fingerprint density at radius 3 is 2.50 bits per heavy atom. The highest BCUT2D eigenvalue weighted by Crippen LogP contribution is 2.41. The van der Waals surface area contributed by atoms with Crippen LogP contribution in [0.15, 0.2) is 22.7 Å². The second-order valence-electron chi connectivity index (χ2n) is 4.02. The van der Waals surface area contributed by atoms with Crippen LogP contribution in [-0.2, 0) is 0 Å². The van der Waals surface area contributed by atoms with Crippen LogP contribution in [0.4, 0.5) is 0 Å². The molecule has 88 valence electrons. The lowest BCUT2D eigenvalue weighted by Crippen LogP contribution is -2.04. The van der Waals surface area contributed by atoms with E-state index in [0.717, 1.165) is 15.4 Å². The van der Waals surface area contributed by atoms with Gasteiger partial charge in [0.25, 0.3) is 0 Å². The minimum atomic E-state index is -0.620. The minimum Gasteiger partial charge on any atom is -0.505 e. The lowest BCUT2D eigenvalue weighted by Gasteiger charge is -2.07. The number of halogens is 1. The summed E-state index contributed by atoms with van der Waals surface area (Å²) >= 11 is 3.34. The van der Waals surface area contributed by atoms with E-state index in [1.54, 1.807) is 0 Å². The molecule has 0 bridgehead atoms. The van der Waals surface area contributed by atoms with Crippen LogP contribution < -0.4 is 5.46 Å². The lowest BCUT2D eigenvalue weighted by atomic mass is 9.89. The molecule has 0 unspecified atom stereocenters. The van der Waals surface area contributed by atoms with E-state index >= 15 is 0 Å². The van der Waals surface area contributed by atoms with Gasteiger partial charge >= 0.3 is 0 Å². The maximum Gasteiger partial charge on any atom is 0.201 e. The van der Waals surface area contributed by atoms with Gasteiger partial charge in [0.15, 0.2) is 11.5 Å². The summed E-state index contributed by atoms with van der Waals surface area (Å²) in [5.41, 5.74) is 1.08. The molecule has 1 heterocycles. The molecule has 0 saturated carbocycles. The summed E-state index contributed by atoms with van der Waals surface area (Å²) in [6.07, 6.45) is 0. The Hall–Kier alpha value is -1.82. The summed E-state index contributed by atoms with van der Waals surface area (Å²) in [7, 11) is 5.78. The Balaban J connectivity index is 2.62. The van der Waals surface area contributed by atoms with Crippen molar-refractivity contribution in [2.75, 3.05) is 0 Å². The van der Waals surface area contributed by atoms with E-state index in [0.29, 0.717) is 10.9 Å². The summed E-state index contributed by atoms with van der Waals surface area (Å²) in [6.45, 7) is 0. The molecule has 4 N–H and O–H groups in total. The smallest absolute Gasteiger partial charge is 0.201 e. The predicted molar refractivity (Wildman–Crippen MR) is 73.9 cm³/mol. The maximum absolute atomic E-state index is 9.83. The third kappa shape index (κ3) is 1.32. The van der Waals surface area contributed by atoms with E-state index < -0.39 is 17.2 Å². The number of aromatic hydroxyl groups is 3. The van der Waals surface area contributed by atoms with Crippen molar-refractivity contribution in [3.8, 4) is 17.2 Å². The minimum absolute atomic E-state index is 0.0360. The van der Waals surface area contributed by atoms with Gasteiger partial charge in [-0.05, 0) is 17.6 Å². The van der Waals surface area contributed by atoms with Gasteiger partial charge in [0.05, 0.1) is 5.52 Å². The second-order valence-corrected chi connectivity index (χ2v) is 4.94. The molecule has 0 spiro atoms. The molecule has 18 heavy (non-hydrogen) atoms. The second kappa shape index (κ2) is 3.59. The first kappa shape index (κ1) is 11.3. The van der Waals surface area contributed by atoms with Gasteiger partial charge in [-0.1, -0.05) is 22.0 Å². The normalized spacial score (nSPS) is 11.4. The molecule has 1 aromatic heterocycles. The van der Waals surface area contributed by atoms with Crippen molar-refractivity contribution in [3.63, 3.8) is 0 Å². The number of H-pyrrole nitrogens is 1. The standard InChI is InChI=1S/C12H7BBrNO3/c13-8-7-5-2-1-4(14)3-6(5)15-9(7)11(17)12(18)10(8)16/h1-3,15-18H. The number of phenols is 3. The van der Waals surface area contributed by atoms with Gasteiger partial charge in [0.1, 0.15) is 7.85 Å². The highest BCUT2D eigenvalue weighted by molar-refractivity contribution is 9.10. The summed E-state index contributed by atoms with van der Waals surface area (Å²) in [5, 5.41) is 30.3. The molecule has 0 atom stereocenters. The molecule has 6 heteroatoms. The predicted octanol–water partition coefficient (Wildman–Crippen LogP) is 1.99. The summed E-state index contributed by atoms with van der Waals surface area (Å²) in [5.74, 6) is -1.54. The molecule has 0 aliphatic heterocycles. The molecule has 0 saturated heterocycles. The van der Waals surface area contributed by atoms with Gasteiger partial charge in [-0.2, -0.15) is 0 Å². The highest BCUT2D eigenvalue weighted by atomic mass is 79.9. The summed E-state index contributed by atoms with van der Waals surface area (Å²) < 4.78 is 0.869. The molecule has 0 amide bonds. The Morgan fingerprint density at radius 1 is 1.06 bits per heavy atom. The topological polar surface area (TPSA) is 76.5 Å². The number of fused-ring (bicyclic) bond motifs is 3. The van der Waals surface area contributed by atoms with Crippen LogP contribution in [0.1, 0.15) is 0 Å². The average molecular weight is 304 g/mol. The van der Waals surface area contributed by atoms with Gasteiger partial charge in [-0.15, -0.1) is 0 Å². The monoisotopic (exact) mass is 303 g/mol. The van der Waals surface area contributed by atoms with Gasteiger partial charge in [-0.3, -0.25) is 0 Å². The van der Waals surface area contributed by atoms with Crippen LogP contribution in [-0.4, -0.2) is 28.1 Å². The maximum atomic E-state index is 9.83. The summed E-state index contributed by atoms with van der Waals surface area (Å²) in [4.78, 5) is 2.96. The Bertz CT molecular complexity index is 797. The van der Waals surface area contributed by atoms with Crippen LogP contribution >= 0.6 is 15.9 Å². The molecule has 2 radical (unpaired) electrons. The molecule has 0 aliphatic carbocycles. The van der Waals surface area contributed by atoms with Crippen LogP contribution in [0.3, 0.4) is 0 Å². The zero-order valence-electron chi connectivity index (χ0n) is 9.03. The molecule has 3 rings (SSSR count). The van der Waals surface area contributed by atoms with Crippen LogP contribution in [0.5, 0.6) is 17.2 Å². The van der Waals surface area contributed by atoms with Crippen molar-refractivity contribution in [2.45, 2.75) is 0 Å². The number of aromatic nitrogens is 1. The number of hydrogen-bond acceptors (Lipinski definition) is 3. The fraction of sp³-hybridized carbons (Fsp3) is 0. The van der Waals surface area contributed by atoms with Crippen LogP contribution in [0.2, 0.25) is 0 Å². The number of nitrogens with one attached hydrogen (secondary N) is 1. The molecule has 2 aromatic carbocycles. The Kier molecular flexibility index (Phi) is 2.25. The van der Waals surface area contributed by atoms with Gasteiger partial charge < -0.3 is 20.3 Å². The van der Waals surface area contributed by atoms with Crippen molar-refractivity contribution in [3.05, 3.63) is 22.7 Å².